The van der Waals surface area contributed by atoms with Crippen LogP contribution in [0.2, 0.25) is 0 Å². The average molecular weight is 333 g/mol. The Balaban J connectivity index is 1.73. The normalized spacial score (nSPS) is 13.6. The summed E-state index contributed by atoms with van der Waals surface area (Å²) in [5.74, 6) is 1.09. The number of nitrogens with zero attached hydrogens (tertiary/aromatic N) is 2. The molecule has 1 atom stereocenters. The number of rotatable bonds is 7. The molecule has 2 rings (SSSR count). The second-order valence-electron chi connectivity index (χ2n) is 5.93. The van der Waals surface area contributed by atoms with E-state index in [2.05, 4.69) is 41.6 Å². The smallest absolute Gasteiger partial charge is 0.230 e. The van der Waals surface area contributed by atoms with Crippen LogP contribution in [0.1, 0.15) is 23.6 Å². The highest BCUT2D eigenvalue weighted by Crippen LogP contribution is 2.18. The van der Waals surface area contributed by atoms with Crippen LogP contribution in [0.15, 0.2) is 36.7 Å². The molecule has 0 aliphatic rings. The third-order valence-corrected chi connectivity index (χ3v) is 4.58. The molecular formula is C17H23N3O2S. The number of aryl methyl sites for hydroxylation is 2. The molecule has 0 bridgehead atoms. The molecule has 0 saturated heterocycles. The van der Waals surface area contributed by atoms with Gasteiger partial charge in [-0.05, 0) is 19.4 Å². The molecule has 124 valence electrons. The van der Waals surface area contributed by atoms with Crippen LogP contribution in [-0.2, 0) is 23.2 Å². The second kappa shape index (κ2) is 7.66. The molecule has 1 unspecified atom stereocenters. The maximum absolute atomic E-state index is 11.9. The Hall–Kier alpha value is -1.79. The van der Waals surface area contributed by atoms with Crippen LogP contribution in [0.5, 0.6) is 0 Å². The SMILES string of the molecule is Cc1ccc(CSCC(=O)NCC(C)(O)c2cnn(C)c2)cc1. The number of thioether (sulfide) groups is 1. The van der Waals surface area contributed by atoms with Gasteiger partial charge in [0.2, 0.25) is 5.91 Å². The Kier molecular flexibility index (Phi) is 5.85. The van der Waals surface area contributed by atoms with Crippen LogP contribution in [-0.4, -0.2) is 33.1 Å². The fourth-order valence-corrected chi connectivity index (χ4v) is 2.89. The molecule has 1 aromatic heterocycles. The lowest BCUT2D eigenvalue weighted by atomic mass is 10.00. The third kappa shape index (κ3) is 5.41. The maximum Gasteiger partial charge on any atom is 0.230 e. The average Bonchev–Trinajstić information content (AvgIpc) is 2.95. The van der Waals surface area contributed by atoms with Gasteiger partial charge in [0.05, 0.1) is 18.5 Å². The molecule has 1 amide bonds. The lowest BCUT2D eigenvalue weighted by Crippen LogP contribution is -2.39. The number of carbonyl (C=O) groups excluding carboxylic acids is 1. The Bertz CT molecular complexity index is 650. The molecule has 0 aliphatic carbocycles. The molecule has 1 heterocycles. The monoisotopic (exact) mass is 333 g/mol. The zero-order valence-corrected chi connectivity index (χ0v) is 14.6. The molecular weight excluding hydrogens is 310 g/mol. The highest BCUT2D eigenvalue weighted by molar-refractivity contribution is 7.99. The van der Waals surface area contributed by atoms with Crippen molar-refractivity contribution in [1.82, 2.24) is 15.1 Å². The summed E-state index contributed by atoms with van der Waals surface area (Å²) < 4.78 is 1.63. The van der Waals surface area contributed by atoms with Crippen molar-refractivity contribution in [3.8, 4) is 0 Å². The lowest BCUT2D eigenvalue weighted by molar-refractivity contribution is -0.119. The third-order valence-electron chi connectivity index (χ3n) is 3.58. The van der Waals surface area contributed by atoms with Gasteiger partial charge < -0.3 is 10.4 Å². The van der Waals surface area contributed by atoms with E-state index in [9.17, 15) is 9.90 Å². The van der Waals surface area contributed by atoms with Crippen LogP contribution in [0.4, 0.5) is 0 Å². The van der Waals surface area contributed by atoms with Gasteiger partial charge in [0, 0.05) is 24.6 Å². The molecule has 2 N–H and O–H groups in total. The molecule has 5 nitrogen and oxygen atoms in total. The number of hydrogen-bond acceptors (Lipinski definition) is 4. The van der Waals surface area contributed by atoms with Crippen molar-refractivity contribution in [3.05, 3.63) is 53.3 Å². The number of hydrogen-bond donors (Lipinski definition) is 2. The highest BCUT2D eigenvalue weighted by Gasteiger charge is 2.25. The van der Waals surface area contributed by atoms with E-state index in [1.54, 1.807) is 42.8 Å². The van der Waals surface area contributed by atoms with Gasteiger partial charge in [0.15, 0.2) is 0 Å². The molecule has 0 fully saturated rings. The first kappa shape index (κ1) is 17.6. The van der Waals surface area contributed by atoms with E-state index in [4.69, 9.17) is 0 Å². The van der Waals surface area contributed by atoms with Gasteiger partial charge in [0.1, 0.15) is 5.60 Å². The first-order valence-electron chi connectivity index (χ1n) is 7.48. The van der Waals surface area contributed by atoms with E-state index in [-0.39, 0.29) is 12.5 Å². The predicted molar refractivity (Wildman–Crippen MR) is 93.1 cm³/mol. The summed E-state index contributed by atoms with van der Waals surface area (Å²) in [6.45, 7) is 3.89. The van der Waals surface area contributed by atoms with Gasteiger partial charge in [-0.15, -0.1) is 11.8 Å². The molecule has 0 saturated carbocycles. The summed E-state index contributed by atoms with van der Waals surface area (Å²) in [6.07, 6.45) is 3.36. The topological polar surface area (TPSA) is 67.2 Å². The summed E-state index contributed by atoms with van der Waals surface area (Å²) in [5, 5.41) is 17.2. The van der Waals surface area contributed by atoms with Crippen LogP contribution < -0.4 is 5.32 Å². The quantitative estimate of drug-likeness (QED) is 0.813. The first-order chi connectivity index (χ1) is 10.9. The van der Waals surface area contributed by atoms with E-state index in [0.29, 0.717) is 11.3 Å². The zero-order valence-electron chi connectivity index (χ0n) is 13.7. The Labute approximate surface area is 141 Å². The van der Waals surface area contributed by atoms with E-state index >= 15 is 0 Å². The largest absolute Gasteiger partial charge is 0.383 e. The van der Waals surface area contributed by atoms with Crippen LogP contribution >= 0.6 is 11.8 Å². The van der Waals surface area contributed by atoms with Gasteiger partial charge >= 0.3 is 0 Å². The van der Waals surface area contributed by atoms with Gasteiger partial charge in [-0.3, -0.25) is 9.48 Å². The minimum atomic E-state index is -1.12. The standard InChI is InChI=1S/C17H23N3O2S/c1-13-4-6-14(7-5-13)10-23-11-16(21)18-12-17(2,22)15-8-19-20(3)9-15/h4-9,22H,10-12H2,1-3H3,(H,18,21). The van der Waals surface area contributed by atoms with Crippen molar-refractivity contribution in [2.24, 2.45) is 7.05 Å². The van der Waals surface area contributed by atoms with Crippen LogP contribution in [0.3, 0.4) is 0 Å². The summed E-state index contributed by atoms with van der Waals surface area (Å²) in [7, 11) is 1.79. The fraction of sp³-hybridized carbons (Fsp3) is 0.412. The molecule has 2 aromatic rings. The summed E-state index contributed by atoms with van der Waals surface area (Å²) in [5.41, 5.74) is 2.00. The number of aliphatic hydroxyl groups is 1. The first-order valence-corrected chi connectivity index (χ1v) is 8.64. The van der Waals surface area contributed by atoms with Gasteiger partial charge in [0.25, 0.3) is 0 Å². The number of benzene rings is 1. The van der Waals surface area contributed by atoms with E-state index in [0.717, 1.165) is 5.75 Å². The minimum absolute atomic E-state index is 0.0775. The molecule has 0 spiro atoms. The minimum Gasteiger partial charge on any atom is -0.383 e. The molecule has 23 heavy (non-hydrogen) atoms. The van der Waals surface area contributed by atoms with Crippen molar-refractivity contribution in [2.75, 3.05) is 12.3 Å². The van der Waals surface area contributed by atoms with Crippen molar-refractivity contribution >= 4 is 17.7 Å². The van der Waals surface area contributed by atoms with Gasteiger partial charge in [-0.1, -0.05) is 29.8 Å². The van der Waals surface area contributed by atoms with E-state index < -0.39 is 5.60 Å². The summed E-state index contributed by atoms with van der Waals surface area (Å²) >= 11 is 1.56. The molecule has 0 radical (unpaired) electrons. The Morgan fingerprint density at radius 3 is 2.70 bits per heavy atom. The number of nitrogens with one attached hydrogen (secondary N) is 1. The summed E-state index contributed by atoms with van der Waals surface area (Å²) in [6, 6.07) is 8.29. The van der Waals surface area contributed by atoms with Gasteiger partial charge in [-0.25, -0.2) is 0 Å². The molecule has 1 aromatic carbocycles. The van der Waals surface area contributed by atoms with Crippen molar-refractivity contribution in [1.29, 1.82) is 0 Å². The van der Waals surface area contributed by atoms with Gasteiger partial charge in [-0.2, -0.15) is 5.10 Å². The summed E-state index contributed by atoms with van der Waals surface area (Å²) in [4.78, 5) is 11.9. The second-order valence-corrected chi connectivity index (χ2v) is 6.92. The van der Waals surface area contributed by atoms with Crippen molar-refractivity contribution in [2.45, 2.75) is 25.2 Å². The maximum atomic E-state index is 11.9. The Morgan fingerprint density at radius 2 is 2.09 bits per heavy atom. The number of aromatic nitrogens is 2. The zero-order chi connectivity index (χ0) is 16.9. The van der Waals surface area contributed by atoms with E-state index in [1.165, 1.54) is 11.1 Å². The number of amides is 1. The predicted octanol–water partition coefficient (Wildman–Crippen LogP) is 1.99. The highest BCUT2D eigenvalue weighted by atomic mass is 32.2. The van der Waals surface area contributed by atoms with E-state index in [1.807, 2.05) is 0 Å². The fourth-order valence-electron chi connectivity index (χ4n) is 2.07. The van der Waals surface area contributed by atoms with Crippen LogP contribution in [0.25, 0.3) is 0 Å². The molecule has 0 aliphatic heterocycles. The lowest BCUT2D eigenvalue weighted by Gasteiger charge is -2.22. The van der Waals surface area contributed by atoms with Crippen LogP contribution in [0, 0.1) is 6.92 Å². The Morgan fingerprint density at radius 1 is 1.39 bits per heavy atom. The van der Waals surface area contributed by atoms with Crippen molar-refractivity contribution < 1.29 is 9.90 Å². The molecule has 6 heteroatoms. The van der Waals surface area contributed by atoms with Crippen molar-refractivity contribution in [3.63, 3.8) is 0 Å². The number of carbonyl (C=O) groups is 1.